The number of carbonyl (C=O) groups excluding carboxylic acids is 1. The molecule has 2 rings (SSSR count). The molecule has 1 amide bonds. The van der Waals surface area contributed by atoms with E-state index in [1.54, 1.807) is 6.07 Å². The highest BCUT2D eigenvalue weighted by molar-refractivity contribution is 7.89. The third kappa shape index (κ3) is 5.10. The fourth-order valence-corrected chi connectivity index (χ4v) is 5.47. The summed E-state index contributed by atoms with van der Waals surface area (Å²) in [5.74, 6) is -0.0239. The number of halogens is 2. The van der Waals surface area contributed by atoms with Crippen LogP contribution in [0.25, 0.3) is 0 Å². The predicted molar refractivity (Wildman–Crippen MR) is 104 cm³/mol. The quantitative estimate of drug-likeness (QED) is 0.734. The summed E-state index contributed by atoms with van der Waals surface area (Å²) in [5, 5.41) is 3.23. The third-order valence-electron chi connectivity index (χ3n) is 4.57. The lowest BCUT2D eigenvalue weighted by atomic mass is 10.2. The van der Waals surface area contributed by atoms with Crippen molar-refractivity contribution in [2.45, 2.75) is 37.6 Å². The van der Waals surface area contributed by atoms with E-state index in [-0.39, 0.29) is 33.4 Å². The molecule has 6 nitrogen and oxygen atoms in total. The Balaban J connectivity index is 1.97. The molecule has 1 N–H and O–H groups in total. The Morgan fingerprint density at radius 1 is 1.12 bits per heavy atom. The highest BCUT2D eigenvalue weighted by atomic mass is 35.5. The minimum atomic E-state index is -3.76. The van der Waals surface area contributed by atoms with E-state index in [0.717, 1.165) is 12.8 Å². The minimum absolute atomic E-state index is 0.0239. The van der Waals surface area contributed by atoms with Gasteiger partial charge in [0.1, 0.15) is 4.90 Å². The number of rotatable bonds is 7. The van der Waals surface area contributed by atoms with Crippen LogP contribution in [0.5, 0.6) is 0 Å². The molecule has 1 aliphatic heterocycles. The molecule has 0 aliphatic carbocycles. The largest absolute Gasteiger partial charge is 0.352 e. The summed E-state index contributed by atoms with van der Waals surface area (Å²) >= 11 is 12.1. The molecule has 0 atom stereocenters. The van der Waals surface area contributed by atoms with Gasteiger partial charge in [-0.15, -0.1) is 0 Å². The summed E-state index contributed by atoms with van der Waals surface area (Å²) in [7, 11) is -3.76. The molecule has 0 aromatic heterocycles. The van der Waals surface area contributed by atoms with Crippen molar-refractivity contribution in [2.75, 3.05) is 32.7 Å². The zero-order chi connectivity index (χ0) is 19.3. The van der Waals surface area contributed by atoms with Gasteiger partial charge in [0, 0.05) is 32.2 Å². The summed E-state index contributed by atoms with van der Waals surface area (Å²) in [6.07, 6.45) is 1.79. The second-order valence-corrected chi connectivity index (χ2v) is 9.00. The molecule has 1 aromatic rings. The van der Waals surface area contributed by atoms with Gasteiger partial charge in [-0.25, -0.2) is 8.42 Å². The van der Waals surface area contributed by atoms with Crippen molar-refractivity contribution >= 4 is 39.1 Å². The topological polar surface area (TPSA) is 69.7 Å². The Hall–Kier alpha value is -0.860. The SMILES string of the molecule is CCC(CC)NC(=O)CN1CCN(S(=O)(=O)c2c(Cl)cccc2Cl)CC1. The Morgan fingerprint density at radius 2 is 1.65 bits per heavy atom. The molecule has 26 heavy (non-hydrogen) atoms. The van der Waals surface area contributed by atoms with Crippen molar-refractivity contribution in [1.29, 1.82) is 0 Å². The van der Waals surface area contributed by atoms with Gasteiger partial charge in [0.15, 0.2) is 0 Å². The minimum Gasteiger partial charge on any atom is -0.352 e. The Morgan fingerprint density at radius 3 is 2.15 bits per heavy atom. The lowest BCUT2D eigenvalue weighted by molar-refractivity contribution is -0.123. The van der Waals surface area contributed by atoms with Crippen molar-refractivity contribution in [3.63, 3.8) is 0 Å². The van der Waals surface area contributed by atoms with Gasteiger partial charge >= 0.3 is 0 Å². The lowest BCUT2D eigenvalue weighted by Crippen LogP contribution is -2.51. The summed E-state index contributed by atoms with van der Waals surface area (Å²) in [6, 6.07) is 4.82. The predicted octanol–water partition coefficient (Wildman–Crippen LogP) is 2.60. The van der Waals surface area contributed by atoms with Crippen LogP contribution in [0.4, 0.5) is 0 Å². The van der Waals surface area contributed by atoms with Crippen molar-refractivity contribution in [1.82, 2.24) is 14.5 Å². The molecule has 0 unspecified atom stereocenters. The molecular formula is C17H25Cl2N3O3S. The normalized spacial score (nSPS) is 16.8. The third-order valence-corrected chi connectivity index (χ3v) is 7.42. The number of nitrogens with one attached hydrogen (secondary N) is 1. The smallest absolute Gasteiger partial charge is 0.246 e. The molecule has 1 saturated heterocycles. The van der Waals surface area contributed by atoms with Gasteiger partial charge < -0.3 is 5.32 Å². The molecule has 146 valence electrons. The van der Waals surface area contributed by atoms with Gasteiger partial charge in [0.05, 0.1) is 16.6 Å². The van der Waals surface area contributed by atoms with E-state index < -0.39 is 10.0 Å². The first kappa shape index (κ1) is 21.4. The average Bonchev–Trinajstić information content (AvgIpc) is 2.59. The average molecular weight is 422 g/mol. The van der Waals surface area contributed by atoms with E-state index in [2.05, 4.69) is 5.32 Å². The lowest BCUT2D eigenvalue weighted by Gasteiger charge is -2.34. The first-order valence-corrected chi connectivity index (χ1v) is 10.9. The number of hydrogen-bond acceptors (Lipinski definition) is 4. The van der Waals surface area contributed by atoms with Crippen molar-refractivity contribution in [3.8, 4) is 0 Å². The molecule has 9 heteroatoms. The molecule has 1 heterocycles. The van der Waals surface area contributed by atoms with Crippen LogP contribution in [0.3, 0.4) is 0 Å². The standard InChI is InChI=1S/C17H25Cl2N3O3S/c1-3-13(4-2)20-16(23)12-21-8-10-22(11-9-21)26(24,25)17-14(18)6-5-7-15(17)19/h5-7,13H,3-4,8-12H2,1-2H3,(H,20,23). The number of benzene rings is 1. The monoisotopic (exact) mass is 421 g/mol. The van der Waals surface area contributed by atoms with Gasteiger partial charge in [0.2, 0.25) is 15.9 Å². The van der Waals surface area contributed by atoms with Crippen LogP contribution in [-0.2, 0) is 14.8 Å². The molecule has 1 aliphatic rings. The maximum Gasteiger partial charge on any atom is 0.246 e. The van der Waals surface area contributed by atoms with Crippen LogP contribution in [0.2, 0.25) is 10.0 Å². The molecule has 0 saturated carbocycles. The van der Waals surface area contributed by atoms with Crippen LogP contribution < -0.4 is 5.32 Å². The van der Waals surface area contributed by atoms with E-state index in [1.165, 1.54) is 16.4 Å². The van der Waals surface area contributed by atoms with Gasteiger partial charge in [0.25, 0.3) is 0 Å². The number of amides is 1. The van der Waals surface area contributed by atoms with E-state index in [1.807, 2.05) is 18.7 Å². The van der Waals surface area contributed by atoms with Gasteiger partial charge in [-0.05, 0) is 25.0 Å². The second-order valence-electron chi connectivity index (χ2n) is 6.31. The van der Waals surface area contributed by atoms with Crippen LogP contribution >= 0.6 is 23.2 Å². The van der Waals surface area contributed by atoms with Crippen LogP contribution in [0.15, 0.2) is 23.1 Å². The van der Waals surface area contributed by atoms with E-state index in [0.29, 0.717) is 26.2 Å². The summed E-state index contributed by atoms with van der Waals surface area (Å²) in [4.78, 5) is 14.0. The number of hydrogen-bond donors (Lipinski definition) is 1. The van der Waals surface area contributed by atoms with E-state index in [9.17, 15) is 13.2 Å². The Labute approximate surface area is 165 Å². The number of nitrogens with zero attached hydrogens (tertiary/aromatic N) is 2. The maximum absolute atomic E-state index is 12.8. The van der Waals surface area contributed by atoms with Gasteiger partial charge in [-0.2, -0.15) is 4.31 Å². The molecular weight excluding hydrogens is 397 g/mol. The van der Waals surface area contributed by atoms with E-state index >= 15 is 0 Å². The maximum atomic E-state index is 12.8. The molecule has 0 radical (unpaired) electrons. The first-order chi connectivity index (χ1) is 12.3. The number of carbonyl (C=O) groups is 1. The summed E-state index contributed by atoms with van der Waals surface area (Å²) < 4.78 is 27.1. The highest BCUT2D eigenvalue weighted by Gasteiger charge is 2.32. The fourth-order valence-electron chi connectivity index (χ4n) is 2.96. The fraction of sp³-hybridized carbons (Fsp3) is 0.588. The first-order valence-electron chi connectivity index (χ1n) is 8.75. The Kier molecular flexibility index (Phi) is 7.73. The summed E-state index contributed by atoms with van der Waals surface area (Å²) in [5.41, 5.74) is 0. The Bertz CT molecular complexity index is 711. The van der Waals surface area contributed by atoms with Crippen LogP contribution in [-0.4, -0.2) is 62.3 Å². The van der Waals surface area contributed by atoms with E-state index in [4.69, 9.17) is 23.2 Å². The zero-order valence-corrected chi connectivity index (χ0v) is 17.4. The van der Waals surface area contributed by atoms with Gasteiger partial charge in [-0.3, -0.25) is 9.69 Å². The van der Waals surface area contributed by atoms with Crippen LogP contribution in [0.1, 0.15) is 26.7 Å². The molecule has 1 fully saturated rings. The highest BCUT2D eigenvalue weighted by Crippen LogP contribution is 2.31. The van der Waals surface area contributed by atoms with Gasteiger partial charge in [-0.1, -0.05) is 43.1 Å². The second kappa shape index (κ2) is 9.37. The van der Waals surface area contributed by atoms with Crippen molar-refractivity contribution in [3.05, 3.63) is 28.2 Å². The molecule has 0 bridgehead atoms. The summed E-state index contributed by atoms with van der Waals surface area (Å²) in [6.45, 7) is 5.91. The zero-order valence-electron chi connectivity index (χ0n) is 15.0. The van der Waals surface area contributed by atoms with Crippen molar-refractivity contribution < 1.29 is 13.2 Å². The molecule has 0 spiro atoms. The number of piperazine rings is 1. The van der Waals surface area contributed by atoms with Crippen LogP contribution in [0, 0.1) is 0 Å². The molecule has 1 aromatic carbocycles. The number of sulfonamides is 1. The van der Waals surface area contributed by atoms with Crippen molar-refractivity contribution in [2.24, 2.45) is 0 Å².